The molecule has 1 heterocycles. The van der Waals surface area contributed by atoms with Gasteiger partial charge in [0.25, 0.3) is 0 Å². The highest BCUT2D eigenvalue weighted by Crippen LogP contribution is 2.37. The second-order valence-electron chi connectivity index (χ2n) is 4.98. The first-order chi connectivity index (χ1) is 9.86. The van der Waals surface area contributed by atoms with Gasteiger partial charge in [-0.25, -0.2) is 0 Å². The number of hydrogen-bond donors (Lipinski definition) is 1. The van der Waals surface area contributed by atoms with Crippen LogP contribution in [-0.4, -0.2) is 32.3 Å². The first-order valence-corrected chi connectivity index (χ1v) is 6.60. The second-order valence-corrected chi connectivity index (χ2v) is 4.98. The summed E-state index contributed by atoms with van der Waals surface area (Å²) in [6, 6.07) is 5.15. The van der Waals surface area contributed by atoms with Gasteiger partial charge < -0.3 is 19.9 Å². The number of ether oxygens (including phenoxy) is 3. The molecular formula is C14H18F3NO3. The van der Waals surface area contributed by atoms with Crippen LogP contribution in [-0.2, 0) is 9.47 Å². The van der Waals surface area contributed by atoms with Crippen LogP contribution in [0, 0.1) is 0 Å². The summed E-state index contributed by atoms with van der Waals surface area (Å²) in [6.07, 6.45) is -3.54. The van der Waals surface area contributed by atoms with Gasteiger partial charge in [-0.1, -0.05) is 12.1 Å². The van der Waals surface area contributed by atoms with Gasteiger partial charge in [0.05, 0.1) is 11.6 Å². The fraction of sp³-hybridized carbons (Fsp3) is 0.571. The predicted octanol–water partition coefficient (Wildman–Crippen LogP) is 2.78. The third kappa shape index (κ3) is 3.87. The maximum absolute atomic E-state index is 12.3. The summed E-state index contributed by atoms with van der Waals surface area (Å²) >= 11 is 0. The summed E-state index contributed by atoms with van der Waals surface area (Å²) < 4.78 is 51.6. The van der Waals surface area contributed by atoms with E-state index in [1.165, 1.54) is 18.2 Å². The molecule has 0 aromatic heterocycles. The zero-order valence-electron chi connectivity index (χ0n) is 11.7. The lowest BCUT2D eigenvalue weighted by molar-refractivity contribution is -0.274. The van der Waals surface area contributed by atoms with E-state index < -0.39 is 18.0 Å². The van der Waals surface area contributed by atoms with Gasteiger partial charge >= 0.3 is 6.36 Å². The Morgan fingerprint density at radius 3 is 2.52 bits per heavy atom. The van der Waals surface area contributed by atoms with E-state index >= 15 is 0 Å². The van der Waals surface area contributed by atoms with Crippen molar-refractivity contribution in [3.63, 3.8) is 0 Å². The van der Waals surface area contributed by atoms with Crippen molar-refractivity contribution in [2.45, 2.75) is 30.8 Å². The lowest BCUT2D eigenvalue weighted by Crippen LogP contribution is -2.47. The number of nitrogens with two attached hydrogens (primary N) is 1. The third-order valence-electron chi connectivity index (χ3n) is 3.76. The topological polar surface area (TPSA) is 53.7 Å². The molecule has 0 amide bonds. The Balaban J connectivity index is 2.22. The minimum atomic E-state index is -4.72. The van der Waals surface area contributed by atoms with Crippen molar-refractivity contribution in [2.24, 2.45) is 5.73 Å². The van der Waals surface area contributed by atoms with Crippen molar-refractivity contribution < 1.29 is 27.4 Å². The molecule has 0 radical (unpaired) electrons. The second kappa shape index (κ2) is 6.21. The average molecular weight is 305 g/mol. The van der Waals surface area contributed by atoms with Crippen LogP contribution in [0.2, 0.25) is 0 Å². The summed E-state index contributed by atoms with van der Waals surface area (Å²) in [5.74, 6) is -0.284. The molecule has 118 valence electrons. The minimum absolute atomic E-state index is 0.284. The first-order valence-electron chi connectivity index (χ1n) is 6.60. The standard InChI is InChI=1S/C14H18F3NO3/c1-19-13(5-7-20-8-6-13)12(18)10-3-2-4-11(9-10)21-14(15,16)17/h2-4,9,12H,5-8,18H2,1H3. The van der Waals surface area contributed by atoms with E-state index in [-0.39, 0.29) is 5.75 Å². The lowest BCUT2D eigenvalue weighted by Gasteiger charge is -2.40. The number of alkyl halides is 3. The van der Waals surface area contributed by atoms with Gasteiger partial charge in [-0.15, -0.1) is 13.2 Å². The van der Waals surface area contributed by atoms with Crippen LogP contribution in [0.3, 0.4) is 0 Å². The van der Waals surface area contributed by atoms with Crippen LogP contribution >= 0.6 is 0 Å². The number of hydrogen-bond acceptors (Lipinski definition) is 4. The summed E-state index contributed by atoms with van der Waals surface area (Å²) in [6.45, 7) is 1.03. The van der Waals surface area contributed by atoms with E-state index in [4.69, 9.17) is 15.2 Å². The van der Waals surface area contributed by atoms with Crippen LogP contribution in [0.25, 0.3) is 0 Å². The van der Waals surface area contributed by atoms with Crippen molar-refractivity contribution in [3.8, 4) is 5.75 Å². The van der Waals surface area contributed by atoms with Crippen LogP contribution in [0.5, 0.6) is 5.75 Å². The predicted molar refractivity (Wildman–Crippen MR) is 69.8 cm³/mol. The molecule has 7 heteroatoms. The summed E-state index contributed by atoms with van der Waals surface area (Å²) in [5, 5.41) is 0. The molecule has 1 fully saturated rings. The Hall–Kier alpha value is -1.31. The van der Waals surface area contributed by atoms with Gasteiger partial charge in [-0.05, 0) is 17.7 Å². The number of rotatable bonds is 4. The van der Waals surface area contributed by atoms with Gasteiger partial charge in [0.2, 0.25) is 0 Å². The fourth-order valence-electron chi connectivity index (χ4n) is 2.57. The average Bonchev–Trinajstić information content (AvgIpc) is 2.45. The van der Waals surface area contributed by atoms with Crippen molar-refractivity contribution in [1.29, 1.82) is 0 Å². The molecule has 2 rings (SSSR count). The van der Waals surface area contributed by atoms with Crippen LogP contribution in [0.15, 0.2) is 24.3 Å². The molecule has 1 aromatic rings. The van der Waals surface area contributed by atoms with Gasteiger partial charge in [0, 0.05) is 33.2 Å². The van der Waals surface area contributed by atoms with E-state index in [1.54, 1.807) is 13.2 Å². The van der Waals surface area contributed by atoms with Gasteiger partial charge in [-0.2, -0.15) is 0 Å². The van der Waals surface area contributed by atoms with E-state index in [0.29, 0.717) is 31.6 Å². The molecule has 1 aliphatic heterocycles. The largest absolute Gasteiger partial charge is 0.573 e. The molecule has 0 bridgehead atoms. The van der Waals surface area contributed by atoms with Crippen LogP contribution in [0.1, 0.15) is 24.4 Å². The van der Waals surface area contributed by atoms with Gasteiger partial charge in [-0.3, -0.25) is 0 Å². The minimum Gasteiger partial charge on any atom is -0.406 e. The molecule has 21 heavy (non-hydrogen) atoms. The third-order valence-corrected chi connectivity index (χ3v) is 3.76. The number of halogens is 3. The molecule has 0 saturated carbocycles. The first kappa shape index (κ1) is 16.1. The molecule has 1 atom stereocenters. The zero-order chi connectivity index (χ0) is 15.5. The molecule has 0 aliphatic carbocycles. The monoisotopic (exact) mass is 305 g/mol. The smallest absolute Gasteiger partial charge is 0.406 e. The molecule has 1 unspecified atom stereocenters. The molecule has 1 saturated heterocycles. The number of benzene rings is 1. The molecular weight excluding hydrogens is 287 g/mol. The Morgan fingerprint density at radius 2 is 1.95 bits per heavy atom. The van der Waals surface area contributed by atoms with Crippen molar-refractivity contribution in [3.05, 3.63) is 29.8 Å². The lowest BCUT2D eigenvalue weighted by atomic mass is 9.82. The van der Waals surface area contributed by atoms with Crippen molar-refractivity contribution in [2.75, 3.05) is 20.3 Å². The molecule has 1 aliphatic rings. The summed E-state index contributed by atoms with van der Waals surface area (Å²) in [4.78, 5) is 0. The SMILES string of the molecule is COC1(C(N)c2cccc(OC(F)(F)F)c2)CCOCC1. The summed E-state index contributed by atoms with van der Waals surface area (Å²) in [7, 11) is 1.56. The van der Waals surface area contributed by atoms with Crippen molar-refractivity contribution in [1.82, 2.24) is 0 Å². The quantitative estimate of drug-likeness (QED) is 0.929. The van der Waals surface area contributed by atoms with Crippen LogP contribution in [0.4, 0.5) is 13.2 Å². The number of methoxy groups -OCH3 is 1. The fourth-order valence-corrected chi connectivity index (χ4v) is 2.57. The van der Waals surface area contributed by atoms with Gasteiger partial charge in [0.1, 0.15) is 5.75 Å². The highest BCUT2D eigenvalue weighted by molar-refractivity contribution is 5.32. The van der Waals surface area contributed by atoms with E-state index in [1.807, 2.05) is 0 Å². The Morgan fingerprint density at radius 1 is 1.29 bits per heavy atom. The molecule has 2 N–H and O–H groups in total. The Bertz CT molecular complexity index is 473. The highest BCUT2D eigenvalue weighted by Gasteiger charge is 2.40. The Kier molecular flexibility index (Phi) is 4.75. The molecule has 1 aromatic carbocycles. The molecule has 4 nitrogen and oxygen atoms in total. The Labute approximate surface area is 121 Å². The van der Waals surface area contributed by atoms with Crippen LogP contribution < -0.4 is 10.5 Å². The van der Waals surface area contributed by atoms with Crippen molar-refractivity contribution >= 4 is 0 Å². The van der Waals surface area contributed by atoms with E-state index in [9.17, 15) is 13.2 Å². The summed E-state index contributed by atoms with van der Waals surface area (Å²) in [5.41, 5.74) is 6.14. The maximum atomic E-state index is 12.3. The van der Waals surface area contributed by atoms with E-state index in [0.717, 1.165) is 0 Å². The van der Waals surface area contributed by atoms with Gasteiger partial charge in [0.15, 0.2) is 0 Å². The maximum Gasteiger partial charge on any atom is 0.573 e. The van der Waals surface area contributed by atoms with E-state index in [2.05, 4.69) is 4.74 Å². The highest BCUT2D eigenvalue weighted by atomic mass is 19.4. The zero-order valence-corrected chi connectivity index (χ0v) is 11.7. The molecule has 0 spiro atoms. The normalized spacial score (nSPS) is 20.0.